The van der Waals surface area contributed by atoms with Gasteiger partial charge in [0, 0.05) is 4.88 Å². The lowest BCUT2D eigenvalue weighted by Crippen LogP contribution is -2.43. The van der Waals surface area contributed by atoms with Gasteiger partial charge in [0.15, 0.2) is 0 Å². The van der Waals surface area contributed by atoms with Gasteiger partial charge in [-0.3, -0.25) is 4.79 Å². The number of thiophene rings is 1. The van der Waals surface area contributed by atoms with E-state index in [4.69, 9.17) is 0 Å². The van der Waals surface area contributed by atoms with Crippen LogP contribution in [0.5, 0.6) is 0 Å². The first-order valence-corrected chi connectivity index (χ1v) is 7.49. The number of aliphatic hydroxyl groups excluding tert-OH is 1. The van der Waals surface area contributed by atoms with Crippen LogP contribution in [-0.4, -0.2) is 23.7 Å². The van der Waals surface area contributed by atoms with Crippen LogP contribution in [-0.2, 0) is 11.2 Å². The fourth-order valence-corrected chi connectivity index (χ4v) is 3.45. The molecule has 0 bridgehead atoms. The van der Waals surface area contributed by atoms with Crippen LogP contribution < -0.4 is 5.32 Å². The lowest BCUT2D eigenvalue weighted by atomic mass is 9.86. The van der Waals surface area contributed by atoms with Crippen LogP contribution in [0, 0.1) is 5.92 Å². The van der Waals surface area contributed by atoms with Crippen molar-refractivity contribution in [2.24, 2.45) is 5.92 Å². The summed E-state index contributed by atoms with van der Waals surface area (Å²) in [5.41, 5.74) is 1.20. The second-order valence-corrected chi connectivity index (χ2v) is 6.29. The number of carbonyl (C=O) groups is 1. The first kappa shape index (κ1) is 13.6. The fourth-order valence-electron chi connectivity index (χ4n) is 2.47. The van der Waals surface area contributed by atoms with Crippen LogP contribution in [0.25, 0.3) is 0 Å². The number of amides is 1. The number of rotatable bonds is 4. The third-order valence-corrected chi connectivity index (χ3v) is 4.69. The van der Waals surface area contributed by atoms with Gasteiger partial charge in [0.1, 0.15) is 0 Å². The summed E-state index contributed by atoms with van der Waals surface area (Å²) in [5.74, 6) is 0.305. The molecule has 1 aliphatic carbocycles. The minimum Gasteiger partial charge on any atom is -0.394 e. The van der Waals surface area contributed by atoms with Gasteiger partial charge in [0.05, 0.1) is 18.6 Å². The number of aryl methyl sites for hydroxylation is 1. The molecule has 18 heavy (non-hydrogen) atoms. The highest BCUT2D eigenvalue weighted by atomic mass is 32.1. The maximum Gasteiger partial charge on any atom is 0.227 e. The molecule has 2 N–H and O–H groups in total. The molecule has 3 nitrogen and oxygen atoms in total. The minimum absolute atomic E-state index is 0.00657. The Morgan fingerprint density at radius 2 is 2.39 bits per heavy atom. The van der Waals surface area contributed by atoms with Crippen molar-refractivity contribution in [1.29, 1.82) is 0 Å². The summed E-state index contributed by atoms with van der Waals surface area (Å²) in [4.78, 5) is 13.7. The molecular weight excluding hydrogens is 246 g/mol. The van der Waals surface area contributed by atoms with Crippen LogP contribution >= 0.6 is 11.3 Å². The van der Waals surface area contributed by atoms with Gasteiger partial charge in [-0.05, 0) is 42.2 Å². The SMILES string of the molecule is CC(C)[C@@H](CO)NC(=O)C1CCCc2sccc21. The Kier molecular flexibility index (Phi) is 4.40. The molecule has 2 rings (SSSR count). The van der Waals surface area contributed by atoms with Crippen LogP contribution in [0.2, 0.25) is 0 Å². The molecule has 2 atom stereocenters. The molecule has 0 radical (unpaired) electrons. The fraction of sp³-hybridized carbons (Fsp3) is 0.643. The number of carbonyl (C=O) groups excluding carboxylic acids is 1. The predicted molar refractivity (Wildman–Crippen MR) is 73.9 cm³/mol. The molecule has 1 unspecified atom stereocenters. The number of nitrogens with one attached hydrogen (secondary N) is 1. The maximum absolute atomic E-state index is 12.3. The van der Waals surface area contributed by atoms with Gasteiger partial charge in [0.25, 0.3) is 0 Å². The van der Waals surface area contributed by atoms with Gasteiger partial charge in [-0.2, -0.15) is 0 Å². The van der Waals surface area contributed by atoms with Gasteiger partial charge in [-0.25, -0.2) is 0 Å². The summed E-state index contributed by atoms with van der Waals surface area (Å²) in [6, 6.07) is 1.94. The first-order valence-electron chi connectivity index (χ1n) is 6.61. The molecule has 1 aromatic heterocycles. The van der Waals surface area contributed by atoms with E-state index < -0.39 is 0 Å². The predicted octanol–water partition coefficient (Wildman–Crippen LogP) is 2.30. The van der Waals surface area contributed by atoms with E-state index in [0.29, 0.717) is 0 Å². The second kappa shape index (κ2) is 5.85. The molecule has 0 saturated carbocycles. The van der Waals surface area contributed by atoms with Crippen LogP contribution in [0.4, 0.5) is 0 Å². The molecule has 0 aliphatic heterocycles. The summed E-state index contributed by atoms with van der Waals surface area (Å²) < 4.78 is 0. The molecule has 100 valence electrons. The quantitative estimate of drug-likeness (QED) is 0.879. The number of hydrogen-bond acceptors (Lipinski definition) is 3. The Bertz CT molecular complexity index is 414. The highest BCUT2D eigenvalue weighted by Gasteiger charge is 2.28. The topological polar surface area (TPSA) is 49.3 Å². The van der Waals surface area contributed by atoms with E-state index in [1.165, 1.54) is 10.4 Å². The van der Waals surface area contributed by atoms with Crippen molar-refractivity contribution in [3.8, 4) is 0 Å². The third-order valence-electron chi connectivity index (χ3n) is 3.70. The van der Waals surface area contributed by atoms with E-state index in [0.717, 1.165) is 19.3 Å². The van der Waals surface area contributed by atoms with Crippen molar-refractivity contribution in [2.45, 2.75) is 45.1 Å². The minimum atomic E-state index is -0.137. The van der Waals surface area contributed by atoms with Crippen LogP contribution in [0.1, 0.15) is 43.0 Å². The molecule has 0 saturated heterocycles. The van der Waals surface area contributed by atoms with E-state index in [1.807, 2.05) is 13.8 Å². The summed E-state index contributed by atoms with van der Waals surface area (Å²) in [6.45, 7) is 4.03. The molecule has 0 fully saturated rings. The highest BCUT2D eigenvalue weighted by molar-refractivity contribution is 7.10. The van der Waals surface area contributed by atoms with Gasteiger partial charge < -0.3 is 10.4 Å². The molecule has 0 spiro atoms. The van der Waals surface area contributed by atoms with Crippen molar-refractivity contribution in [1.82, 2.24) is 5.32 Å². The van der Waals surface area contributed by atoms with Crippen LogP contribution in [0.3, 0.4) is 0 Å². The Balaban J connectivity index is 2.07. The number of hydrogen-bond donors (Lipinski definition) is 2. The number of aliphatic hydroxyl groups is 1. The van der Waals surface area contributed by atoms with E-state index in [-0.39, 0.29) is 30.4 Å². The molecule has 1 heterocycles. The Labute approximate surface area is 112 Å². The molecule has 4 heteroatoms. The zero-order chi connectivity index (χ0) is 13.1. The molecule has 0 aromatic carbocycles. The average Bonchev–Trinajstić information content (AvgIpc) is 2.82. The van der Waals surface area contributed by atoms with Gasteiger partial charge >= 0.3 is 0 Å². The largest absolute Gasteiger partial charge is 0.394 e. The second-order valence-electron chi connectivity index (χ2n) is 5.29. The smallest absolute Gasteiger partial charge is 0.227 e. The normalized spacial score (nSPS) is 20.6. The van der Waals surface area contributed by atoms with Crippen molar-refractivity contribution in [2.75, 3.05) is 6.61 Å². The van der Waals surface area contributed by atoms with Gasteiger partial charge in [-0.1, -0.05) is 13.8 Å². The van der Waals surface area contributed by atoms with E-state index in [1.54, 1.807) is 11.3 Å². The van der Waals surface area contributed by atoms with Crippen molar-refractivity contribution >= 4 is 17.2 Å². The lowest BCUT2D eigenvalue weighted by molar-refractivity contribution is -0.124. The van der Waals surface area contributed by atoms with Gasteiger partial charge in [-0.15, -0.1) is 11.3 Å². The lowest BCUT2D eigenvalue weighted by Gasteiger charge is -2.26. The average molecular weight is 267 g/mol. The molecule has 1 amide bonds. The maximum atomic E-state index is 12.3. The Morgan fingerprint density at radius 1 is 1.61 bits per heavy atom. The molecular formula is C14H21NO2S. The van der Waals surface area contributed by atoms with Crippen molar-refractivity contribution in [3.63, 3.8) is 0 Å². The summed E-state index contributed by atoms with van der Waals surface area (Å²) >= 11 is 1.75. The standard InChI is InChI=1S/C14H21NO2S/c1-9(2)12(8-16)15-14(17)11-4-3-5-13-10(11)6-7-18-13/h6-7,9,11-12,16H,3-5,8H2,1-2H3,(H,15,17)/t11?,12-/m1/s1. The highest BCUT2D eigenvalue weighted by Crippen LogP contribution is 2.35. The third kappa shape index (κ3) is 2.75. The first-order chi connectivity index (χ1) is 8.63. The summed E-state index contributed by atoms with van der Waals surface area (Å²) in [5, 5.41) is 14.3. The zero-order valence-corrected chi connectivity index (χ0v) is 11.8. The monoisotopic (exact) mass is 267 g/mol. The molecule has 1 aliphatic rings. The van der Waals surface area contributed by atoms with Crippen LogP contribution in [0.15, 0.2) is 11.4 Å². The molecule has 1 aromatic rings. The van der Waals surface area contributed by atoms with E-state index >= 15 is 0 Å². The Hall–Kier alpha value is -0.870. The summed E-state index contributed by atoms with van der Waals surface area (Å²) in [6.07, 6.45) is 3.10. The summed E-state index contributed by atoms with van der Waals surface area (Å²) in [7, 11) is 0. The van der Waals surface area contributed by atoms with E-state index in [9.17, 15) is 9.90 Å². The number of fused-ring (bicyclic) bond motifs is 1. The Morgan fingerprint density at radius 3 is 3.06 bits per heavy atom. The van der Waals surface area contributed by atoms with Crippen molar-refractivity contribution in [3.05, 3.63) is 21.9 Å². The zero-order valence-electron chi connectivity index (χ0n) is 11.0. The van der Waals surface area contributed by atoms with Gasteiger partial charge in [0.2, 0.25) is 5.91 Å². The van der Waals surface area contributed by atoms with E-state index in [2.05, 4.69) is 16.8 Å². The van der Waals surface area contributed by atoms with Crippen molar-refractivity contribution < 1.29 is 9.90 Å².